The van der Waals surface area contributed by atoms with Crippen molar-refractivity contribution in [2.24, 2.45) is 0 Å². The first-order chi connectivity index (χ1) is 13.9. The van der Waals surface area contributed by atoms with Gasteiger partial charge < -0.3 is 15.5 Å². The zero-order chi connectivity index (χ0) is 20.6. The van der Waals surface area contributed by atoms with Gasteiger partial charge in [0.05, 0.1) is 5.54 Å². The van der Waals surface area contributed by atoms with Gasteiger partial charge in [-0.1, -0.05) is 49.6 Å². The fourth-order valence-corrected chi connectivity index (χ4v) is 4.18. The Kier molecular flexibility index (Phi) is 4.74. The van der Waals surface area contributed by atoms with Crippen LogP contribution in [-0.2, 0) is 24.1 Å². The molecule has 1 fully saturated rings. The summed E-state index contributed by atoms with van der Waals surface area (Å²) in [4.78, 5) is 26.3. The van der Waals surface area contributed by atoms with Crippen LogP contribution in [0.4, 0.5) is 10.5 Å². The maximum absolute atomic E-state index is 12.5. The van der Waals surface area contributed by atoms with Crippen LogP contribution < -0.4 is 10.6 Å². The lowest BCUT2D eigenvalue weighted by atomic mass is 9.92. The van der Waals surface area contributed by atoms with Crippen molar-refractivity contribution < 1.29 is 9.59 Å². The molecule has 3 amide bonds. The van der Waals surface area contributed by atoms with Gasteiger partial charge in [0.2, 0.25) is 0 Å². The highest BCUT2D eigenvalue weighted by Gasteiger charge is 2.50. The van der Waals surface area contributed by atoms with Crippen molar-refractivity contribution in [2.75, 3.05) is 12.4 Å². The van der Waals surface area contributed by atoms with Crippen LogP contribution in [0, 0.1) is 0 Å². The molecule has 4 rings (SSSR count). The molecule has 2 N–H and O–H groups in total. The Morgan fingerprint density at radius 1 is 1.17 bits per heavy atom. The number of nitrogens with zero attached hydrogens (tertiary/aromatic N) is 1. The van der Waals surface area contributed by atoms with Gasteiger partial charge in [-0.2, -0.15) is 0 Å². The number of rotatable bonds is 5. The van der Waals surface area contributed by atoms with Gasteiger partial charge >= 0.3 is 6.03 Å². The second kappa shape index (κ2) is 7.24. The lowest BCUT2D eigenvalue weighted by Gasteiger charge is -2.30. The van der Waals surface area contributed by atoms with E-state index in [2.05, 4.69) is 35.9 Å². The Morgan fingerprint density at radius 3 is 2.59 bits per heavy atom. The van der Waals surface area contributed by atoms with E-state index in [0.29, 0.717) is 18.4 Å². The number of carbonyl (C=O) groups is 2. The molecule has 148 valence electrons. The van der Waals surface area contributed by atoms with E-state index in [0.717, 1.165) is 29.8 Å². The summed E-state index contributed by atoms with van der Waals surface area (Å²) >= 11 is 0. The van der Waals surface area contributed by atoms with Crippen LogP contribution in [0.1, 0.15) is 23.1 Å². The zero-order valence-corrected chi connectivity index (χ0v) is 16.6. The molecule has 0 aromatic heterocycles. The summed E-state index contributed by atoms with van der Waals surface area (Å²) in [6.45, 7) is 8.01. The van der Waals surface area contributed by atoms with Crippen molar-refractivity contribution in [3.05, 3.63) is 89.6 Å². The van der Waals surface area contributed by atoms with Crippen molar-refractivity contribution in [3.63, 3.8) is 0 Å². The maximum Gasteiger partial charge on any atom is 0.322 e. The molecular weight excluding hydrogens is 362 g/mol. The smallest absolute Gasteiger partial charge is 0.322 e. The molecule has 2 aliphatic rings. The molecular formula is C24H25N3O2. The van der Waals surface area contributed by atoms with E-state index >= 15 is 0 Å². The predicted octanol–water partition coefficient (Wildman–Crippen LogP) is 3.82. The highest BCUT2D eigenvalue weighted by molar-refractivity contribution is 6.03. The third kappa shape index (κ3) is 3.44. The molecule has 2 aromatic carbocycles. The fourth-order valence-electron chi connectivity index (χ4n) is 4.18. The summed E-state index contributed by atoms with van der Waals surface area (Å²) in [5, 5.41) is 5.80. The molecule has 1 heterocycles. The first kappa shape index (κ1) is 19.0. The summed E-state index contributed by atoms with van der Waals surface area (Å²) in [5.41, 5.74) is 5.12. The van der Waals surface area contributed by atoms with Gasteiger partial charge in [-0.3, -0.25) is 4.79 Å². The molecule has 2 aromatic rings. The second-order valence-corrected chi connectivity index (χ2v) is 7.88. The Hall–Kier alpha value is -3.34. The van der Waals surface area contributed by atoms with Gasteiger partial charge in [-0.25, -0.2) is 4.79 Å². The third-order valence-electron chi connectivity index (χ3n) is 6.08. The molecule has 1 atom stereocenters. The molecule has 1 saturated heterocycles. The minimum absolute atomic E-state index is 0.119. The van der Waals surface area contributed by atoms with Crippen LogP contribution in [0.15, 0.2) is 73.0 Å². The van der Waals surface area contributed by atoms with Crippen molar-refractivity contribution in [2.45, 2.75) is 31.2 Å². The molecule has 5 heteroatoms. The summed E-state index contributed by atoms with van der Waals surface area (Å²) in [6.07, 6.45) is 2.82. The Bertz CT molecular complexity index is 1010. The largest absolute Gasteiger partial charge is 0.322 e. The molecule has 1 aliphatic heterocycles. The SMILES string of the molecule is C=C(CCc1ccccc1)C(=O)Nc1ccc2c(c1)CC1(C2)C(=C)NC(=O)N1C. The van der Waals surface area contributed by atoms with Gasteiger partial charge in [-0.05, 0) is 41.7 Å². The van der Waals surface area contributed by atoms with Crippen LogP contribution in [0.25, 0.3) is 0 Å². The monoisotopic (exact) mass is 387 g/mol. The molecule has 29 heavy (non-hydrogen) atoms. The van der Waals surface area contributed by atoms with Crippen LogP contribution in [0.2, 0.25) is 0 Å². The van der Waals surface area contributed by atoms with Crippen molar-refractivity contribution >= 4 is 17.6 Å². The van der Waals surface area contributed by atoms with Crippen LogP contribution in [0.5, 0.6) is 0 Å². The van der Waals surface area contributed by atoms with E-state index in [1.807, 2.05) is 36.4 Å². The number of anilines is 1. The molecule has 1 aliphatic carbocycles. The standard InChI is InChI=1S/C24H25N3O2/c1-16(9-10-18-7-5-4-6-8-18)22(28)26-21-12-11-19-14-24(15-20(19)13-21)17(2)25-23(29)27(24)3/h4-8,11-13H,1-2,9-10,14-15H2,3H3,(H,25,29)(H,26,28). The number of benzene rings is 2. The van der Waals surface area contributed by atoms with Crippen molar-refractivity contribution in [1.29, 1.82) is 0 Å². The molecule has 0 saturated carbocycles. The number of hydrogen-bond donors (Lipinski definition) is 2. The quantitative estimate of drug-likeness (QED) is 0.766. The maximum atomic E-state index is 12.5. The van der Waals surface area contributed by atoms with Gasteiger partial charge in [0.25, 0.3) is 5.91 Å². The third-order valence-corrected chi connectivity index (χ3v) is 6.08. The lowest BCUT2D eigenvalue weighted by Crippen LogP contribution is -2.44. The summed E-state index contributed by atoms with van der Waals surface area (Å²) < 4.78 is 0. The number of likely N-dealkylation sites (N-methyl/N-ethyl adjacent to an activating group) is 1. The molecule has 1 spiro atoms. The minimum Gasteiger partial charge on any atom is -0.322 e. The minimum atomic E-state index is -0.415. The molecule has 0 bridgehead atoms. The van der Waals surface area contributed by atoms with Gasteiger partial charge in [0, 0.05) is 36.8 Å². The zero-order valence-electron chi connectivity index (χ0n) is 16.6. The lowest BCUT2D eigenvalue weighted by molar-refractivity contribution is -0.113. The number of hydrogen-bond acceptors (Lipinski definition) is 2. The fraction of sp³-hybridized carbons (Fsp3) is 0.250. The Balaban J connectivity index is 1.41. The van der Waals surface area contributed by atoms with Crippen LogP contribution in [0.3, 0.4) is 0 Å². The molecule has 1 unspecified atom stereocenters. The van der Waals surface area contributed by atoms with E-state index < -0.39 is 5.54 Å². The number of fused-ring (bicyclic) bond motifs is 1. The molecule has 0 radical (unpaired) electrons. The van der Waals surface area contributed by atoms with Crippen LogP contribution >= 0.6 is 0 Å². The summed E-state index contributed by atoms with van der Waals surface area (Å²) in [5.74, 6) is -0.159. The van der Waals surface area contributed by atoms with Gasteiger partial charge in [0.15, 0.2) is 0 Å². The number of amides is 3. The molecule has 5 nitrogen and oxygen atoms in total. The van der Waals surface area contributed by atoms with E-state index in [1.54, 1.807) is 11.9 Å². The van der Waals surface area contributed by atoms with Gasteiger partial charge in [0.1, 0.15) is 0 Å². The normalized spacial score (nSPS) is 20.0. The summed E-state index contributed by atoms with van der Waals surface area (Å²) in [6, 6.07) is 15.9. The van der Waals surface area contributed by atoms with Crippen LogP contribution in [-0.4, -0.2) is 29.4 Å². The summed E-state index contributed by atoms with van der Waals surface area (Å²) in [7, 11) is 1.80. The van der Waals surface area contributed by atoms with E-state index in [-0.39, 0.29) is 11.9 Å². The first-order valence-electron chi connectivity index (χ1n) is 9.78. The topological polar surface area (TPSA) is 61.4 Å². The second-order valence-electron chi connectivity index (χ2n) is 7.88. The number of carbonyl (C=O) groups excluding carboxylic acids is 2. The number of aryl methyl sites for hydroxylation is 1. The Labute approximate surface area is 171 Å². The number of nitrogens with one attached hydrogen (secondary N) is 2. The van der Waals surface area contributed by atoms with E-state index in [9.17, 15) is 9.59 Å². The van der Waals surface area contributed by atoms with E-state index in [1.165, 1.54) is 11.1 Å². The number of urea groups is 1. The predicted molar refractivity (Wildman–Crippen MR) is 115 cm³/mol. The van der Waals surface area contributed by atoms with Crippen molar-refractivity contribution in [1.82, 2.24) is 10.2 Å². The highest BCUT2D eigenvalue weighted by Crippen LogP contribution is 2.41. The van der Waals surface area contributed by atoms with Crippen molar-refractivity contribution in [3.8, 4) is 0 Å². The van der Waals surface area contributed by atoms with E-state index in [4.69, 9.17) is 0 Å². The first-order valence-corrected chi connectivity index (χ1v) is 9.78. The highest BCUT2D eigenvalue weighted by atomic mass is 16.2. The average Bonchev–Trinajstić information content (AvgIpc) is 3.20. The average molecular weight is 387 g/mol. The van der Waals surface area contributed by atoms with Gasteiger partial charge in [-0.15, -0.1) is 0 Å². The Morgan fingerprint density at radius 2 is 1.90 bits per heavy atom.